The second-order valence-corrected chi connectivity index (χ2v) is 4.93. The van der Waals surface area contributed by atoms with Crippen molar-refractivity contribution in [2.45, 2.75) is 20.3 Å². The summed E-state index contributed by atoms with van der Waals surface area (Å²) in [6, 6.07) is 12.6. The highest BCUT2D eigenvalue weighted by Gasteiger charge is 1.98. The van der Waals surface area contributed by atoms with Gasteiger partial charge in [0.1, 0.15) is 0 Å². The second kappa shape index (κ2) is 6.20. The van der Waals surface area contributed by atoms with Crippen LogP contribution in [-0.2, 0) is 0 Å². The van der Waals surface area contributed by atoms with Gasteiger partial charge in [0.15, 0.2) is 0 Å². The van der Waals surface area contributed by atoms with Crippen LogP contribution in [0.4, 0.5) is 5.69 Å². The summed E-state index contributed by atoms with van der Waals surface area (Å²) < 4.78 is 0. The normalized spacial score (nSPS) is 10.6. The highest BCUT2D eigenvalue weighted by molar-refractivity contribution is 5.65. The average molecular weight is 240 g/mol. The van der Waals surface area contributed by atoms with Gasteiger partial charge in [-0.15, -0.1) is 0 Å². The topological polar surface area (TPSA) is 24.9 Å². The molecule has 94 valence electrons. The highest BCUT2D eigenvalue weighted by Crippen LogP contribution is 2.20. The third-order valence-electron chi connectivity index (χ3n) is 2.93. The molecule has 0 atom stereocenters. The Labute approximate surface area is 109 Å². The SMILES string of the molecule is CC(C)CCNc1ccc(-c2cccnc2)cc1. The van der Waals surface area contributed by atoms with Crippen molar-refractivity contribution < 1.29 is 0 Å². The van der Waals surface area contributed by atoms with Crippen LogP contribution in [0.5, 0.6) is 0 Å². The van der Waals surface area contributed by atoms with E-state index in [1.54, 1.807) is 6.20 Å². The predicted molar refractivity (Wildman–Crippen MR) is 77.6 cm³/mol. The molecule has 0 saturated heterocycles. The molecule has 0 radical (unpaired) electrons. The minimum absolute atomic E-state index is 0.743. The largest absolute Gasteiger partial charge is 0.385 e. The summed E-state index contributed by atoms with van der Waals surface area (Å²) in [7, 11) is 0. The fourth-order valence-electron chi connectivity index (χ4n) is 1.82. The Morgan fingerprint density at radius 1 is 1.06 bits per heavy atom. The molecule has 1 aromatic heterocycles. The molecular weight excluding hydrogens is 220 g/mol. The highest BCUT2D eigenvalue weighted by atomic mass is 14.9. The smallest absolute Gasteiger partial charge is 0.0346 e. The van der Waals surface area contributed by atoms with E-state index < -0.39 is 0 Å². The zero-order chi connectivity index (χ0) is 12.8. The predicted octanol–water partition coefficient (Wildman–Crippen LogP) is 4.21. The van der Waals surface area contributed by atoms with E-state index in [0.29, 0.717) is 0 Å². The number of nitrogens with zero attached hydrogens (tertiary/aromatic N) is 1. The minimum atomic E-state index is 0.743. The molecule has 0 aliphatic rings. The Morgan fingerprint density at radius 3 is 2.44 bits per heavy atom. The monoisotopic (exact) mass is 240 g/mol. The second-order valence-electron chi connectivity index (χ2n) is 4.93. The zero-order valence-electron chi connectivity index (χ0n) is 11.1. The van der Waals surface area contributed by atoms with Crippen molar-refractivity contribution in [2.24, 2.45) is 5.92 Å². The van der Waals surface area contributed by atoms with Gasteiger partial charge in [-0.05, 0) is 41.7 Å². The Morgan fingerprint density at radius 2 is 1.83 bits per heavy atom. The molecule has 0 saturated carbocycles. The lowest BCUT2D eigenvalue weighted by atomic mass is 10.1. The van der Waals surface area contributed by atoms with Gasteiger partial charge in [-0.3, -0.25) is 4.98 Å². The number of pyridine rings is 1. The van der Waals surface area contributed by atoms with E-state index in [-0.39, 0.29) is 0 Å². The third-order valence-corrected chi connectivity index (χ3v) is 2.93. The standard InChI is InChI=1S/C16H20N2/c1-13(2)9-11-18-16-7-5-14(6-8-16)15-4-3-10-17-12-15/h3-8,10,12-13,18H,9,11H2,1-2H3. The number of nitrogens with one attached hydrogen (secondary N) is 1. The van der Waals surface area contributed by atoms with Crippen LogP contribution in [0.3, 0.4) is 0 Å². The maximum absolute atomic E-state index is 4.14. The maximum atomic E-state index is 4.14. The lowest BCUT2D eigenvalue weighted by Crippen LogP contribution is -2.04. The summed E-state index contributed by atoms with van der Waals surface area (Å²) in [5.74, 6) is 0.743. The summed E-state index contributed by atoms with van der Waals surface area (Å²) in [5.41, 5.74) is 3.55. The van der Waals surface area contributed by atoms with Crippen molar-refractivity contribution in [3.05, 3.63) is 48.8 Å². The molecule has 1 aromatic carbocycles. The van der Waals surface area contributed by atoms with Crippen molar-refractivity contribution >= 4 is 5.69 Å². The van der Waals surface area contributed by atoms with E-state index in [4.69, 9.17) is 0 Å². The number of anilines is 1. The number of hydrogen-bond acceptors (Lipinski definition) is 2. The molecule has 2 heteroatoms. The molecule has 0 fully saturated rings. The van der Waals surface area contributed by atoms with Crippen LogP contribution in [0.2, 0.25) is 0 Å². The van der Waals surface area contributed by atoms with Crippen LogP contribution in [0, 0.1) is 5.92 Å². The van der Waals surface area contributed by atoms with Crippen molar-refractivity contribution in [2.75, 3.05) is 11.9 Å². The maximum Gasteiger partial charge on any atom is 0.0346 e. The molecule has 18 heavy (non-hydrogen) atoms. The molecule has 1 heterocycles. The fourth-order valence-corrected chi connectivity index (χ4v) is 1.82. The molecule has 1 N–H and O–H groups in total. The van der Waals surface area contributed by atoms with E-state index >= 15 is 0 Å². The molecular formula is C16H20N2. The average Bonchev–Trinajstić information content (AvgIpc) is 2.40. The minimum Gasteiger partial charge on any atom is -0.385 e. The molecule has 0 amide bonds. The molecule has 2 aromatic rings. The van der Waals surface area contributed by atoms with Crippen LogP contribution < -0.4 is 5.32 Å². The first-order valence-electron chi connectivity index (χ1n) is 6.50. The molecule has 2 nitrogen and oxygen atoms in total. The first-order valence-corrected chi connectivity index (χ1v) is 6.50. The first-order chi connectivity index (χ1) is 8.75. The molecule has 0 aliphatic carbocycles. The molecule has 0 spiro atoms. The van der Waals surface area contributed by atoms with Crippen LogP contribution in [-0.4, -0.2) is 11.5 Å². The number of rotatable bonds is 5. The Hall–Kier alpha value is -1.83. The van der Waals surface area contributed by atoms with E-state index in [9.17, 15) is 0 Å². The molecule has 2 rings (SSSR count). The fraction of sp³-hybridized carbons (Fsp3) is 0.312. The van der Waals surface area contributed by atoms with Crippen LogP contribution >= 0.6 is 0 Å². The first kappa shape index (κ1) is 12.6. The van der Waals surface area contributed by atoms with E-state index in [2.05, 4.69) is 54.5 Å². The van der Waals surface area contributed by atoms with Crippen LogP contribution in [0.1, 0.15) is 20.3 Å². The van der Waals surface area contributed by atoms with Crippen molar-refractivity contribution in [1.82, 2.24) is 4.98 Å². The number of aromatic nitrogens is 1. The van der Waals surface area contributed by atoms with Crippen molar-refractivity contribution in [3.63, 3.8) is 0 Å². The van der Waals surface area contributed by atoms with E-state index in [1.165, 1.54) is 17.7 Å². The van der Waals surface area contributed by atoms with E-state index in [1.807, 2.05) is 12.3 Å². The quantitative estimate of drug-likeness (QED) is 0.847. The summed E-state index contributed by atoms with van der Waals surface area (Å²) in [5, 5.41) is 3.44. The van der Waals surface area contributed by atoms with Gasteiger partial charge in [0, 0.05) is 24.6 Å². The van der Waals surface area contributed by atoms with Gasteiger partial charge in [0.2, 0.25) is 0 Å². The molecule has 0 unspecified atom stereocenters. The van der Waals surface area contributed by atoms with Crippen LogP contribution in [0.15, 0.2) is 48.8 Å². The van der Waals surface area contributed by atoms with Gasteiger partial charge >= 0.3 is 0 Å². The number of hydrogen-bond donors (Lipinski definition) is 1. The van der Waals surface area contributed by atoms with Gasteiger partial charge < -0.3 is 5.32 Å². The molecule has 0 aliphatic heterocycles. The van der Waals surface area contributed by atoms with E-state index in [0.717, 1.165) is 18.0 Å². The summed E-state index contributed by atoms with van der Waals surface area (Å²) >= 11 is 0. The van der Waals surface area contributed by atoms with Gasteiger partial charge in [-0.25, -0.2) is 0 Å². The van der Waals surface area contributed by atoms with Crippen molar-refractivity contribution in [1.29, 1.82) is 0 Å². The van der Waals surface area contributed by atoms with Crippen molar-refractivity contribution in [3.8, 4) is 11.1 Å². The summed E-state index contributed by atoms with van der Waals surface area (Å²) in [6.07, 6.45) is 4.89. The van der Waals surface area contributed by atoms with Gasteiger partial charge in [0.25, 0.3) is 0 Å². The third kappa shape index (κ3) is 3.59. The Kier molecular flexibility index (Phi) is 4.35. The lowest BCUT2D eigenvalue weighted by molar-refractivity contribution is 0.607. The summed E-state index contributed by atoms with van der Waals surface area (Å²) in [6.45, 7) is 5.52. The van der Waals surface area contributed by atoms with Gasteiger partial charge in [-0.2, -0.15) is 0 Å². The number of benzene rings is 1. The van der Waals surface area contributed by atoms with Gasteiger partial charge in [0.05, 0.1) is 0 Å². The molecule has 0 bridgehead atoms. The Balaban J connectivity index is 1.98. The zero-order valence-corrected chi connectivity index (χ0v) is 11.1. The summed E-state index contributed by atoms with van der Waals surface area (Å²) in [4.78, 5) is 4.14. The van der Waals surface area contributed by atoms with Crippen LogP contribution in [0.25, 0.3) is 11.1 Å². The Bertz CT molecular complexity index is 460. The lowest BCUT2D eigenvalue weighted by Gasteiger charge is -2.09. The van der Waals surface area contributed by atoms with Gasteiger partial charge in [-0.1, -0.05) is 32.0 Å².